The van der Waals surface area contributed by atoms with Gasteiger partial charge in [0, 0.05) is 12.8 Å². The summed E-state index contributed by atoms with van der Waals surface area (Å²) in [6.45, 7) is 8.72. The van der Waals surface area contributed by atoms with Crippen molar-refractivity contribution in [3.05, 3.63) is 0 Å². The van der Waals surface area contributed by atoms with Gasteiger partial charge in [0.05, 0.1) is 12.7 Å². The van der Waals surface area contributed by atoms with Gasteiger partial charge in [0.25, 0.3) is 0 Å². The highest BCUT2D eigenvalue weighted by Gasteiger charge is 2.10. The lowest BCUT2D eigenvalue weighted by Crippen LogP contribution is -2.15. The molecular formula is C16H30O4. The molecule has 1 unspecified atom stereocenters. The number of hydrogen-bond donors (Lipinski definition) is 0. The quantitative estimate of drug-likeness (QED) is 0.427. The van der Waals surface area contributed by atoms with E-state index in [1.807, 2.05) is 6.92 Å². The summed E-state index contributed by atoms with van der Waals surface area (Å²) < 4.78 is 10.3. The molecule has 0 heterocycles. The summed E-state index contributed by atoms with van der Waals surface area (Å²) in [5, 5.41) is 0. The predicted molar refractivity (Wildman–Crippen MR) is 79.3 cm³/mol. The highest BCUT2D eigenvalue weighted by molar-refractivity contribution is 5.72. The van der Waals surface area contributed by atoms with Crippen molar-refractivity contribution in [3.63, 3.8) is 0 Å². The van der Waals surface area contributed by atoms with Crippen LogP contribution in [0.5, 0.6) is 0 Å². The Balaban J connectivity index is 3.53. The van der Waals surface area contributed by atoms with Gasteiger partial charge < -0.3 is 9.47 Å². The lowest BCUT2D eigenvalue weighted by molar-refractivity contribution is -0.149. The maximum atomic E-state index is 11.5. The number of carbonyl (C=O) groups excluding carboxylic acids is 2. The van der Waals surface area contributed by atoms with Crippen LogP contribution in [0.15, 0.2) is 0 Å². The molecule has 0 N–H and O–H groups in total. The monoisotopic (exact) mass is 286 g/mol. The van der Waals surface area contributed by atoms with E-state index in [1.54, 1.807) is 0 Å². The summed E-state index contributed by atoms with van der Waals surface area (Å²) in [6, 6.07) is 0. The van der Waals surface area contributed by atoms with Gasteiger partial charge in [-0.05, 0) is 38.5 Å². The second-order valence-electron chi connectivity index (χ2n) is 5.70. The summed E-state index contributed by atoms with van der Waals surface area (Å²) >= 11 is 0. The standard InChI is InChI=1S/C16H30O4/c1-5-8-14(4)20-16(18)11-6-10-15(17)19-12-7-9-13(2)3/h13-14H,5-12H2,1-4H3. The normalized spacial score (nSPS) is 12.2. The number of esters is 2. The Bertz CT molecular complexity index is 274. The third kappa shape index (κ3) is 12.0. The molecule has 0 rings (SSSR count). The van der Waals surface area contributed by atoms with E-state index in [1.165, 1.54) is 0 Å². The average Bonchev–Trinajstić information content (AvgIpc) is 2.34. The van der Waals surface area contributed by atoms with Crippen molar-refractivity contribution in [1.82, 2.24) is 0 Å². The van der Waals surface area contributed by atoms with Gasteiger partial charge in [-0.2, -0.15) is 0 Å². The molecule has 0 bridgehead atoms. The van der Waals surface area contributed by atoms with Gasteiger partial charge in [0.2, 0.25) is 0 Å². The molecule has 0 aliphatic rings. The van der Waals surface area contributed by atoms with E-state index >= 15 is 0 Å². The fraction of sp³-hybridized carbons (Fsp3) is 0.875. The molecule has 0 saturated heterocycles. The van der Waals surface area contributed by atoms with Gasteiger partial charge in [0.1, 0.15) is 0 Å². The molecule has 0 radical (unpaired) electrons. The van der Waals surface area contributed by atoms with Crippen LogP contribution in [0.1, 0.15) is 72.6 Å². The Hall–Kier alpha value is -1.06. The van der Waals surface area contributed by atoms with Crippen LogP contribution in [0.3, 0.4) is 0 Å². The molecule has 0 saturated carbocycles. The van der Waals surface area contributed by atoms with Gasteiger partial charge in [-0.25, -0.2) is 0 Å². The molecule has 0 spiro atoms. The minimum Gasteiger partial charge on any atom is -0.466 e. The molecule has 0 aromatic carbocycles. The van der Waals surface area contributed by atoms with Crippen molar-refractivity contribution in [2.75, 3.05) is 6.61 Å². The summed E-state index contributed by atoms with van der Waals surface area (Å²) in [6.07, 6.45) is 4.89. The first-order valence-electron chi connectivity index (χ1n) is 7.80. The van der Waals surface area contributed by atoms with Crippen molar-refractivity contribution in [2.45, 2.75) is 78.7 Å². The third-order valence-corrected chi connectivity index (χ3v) is 2.98. The van der Waals surface area contributed by atoms with E-state index in [-0.39, 0.29) is 24.5 Å². The summed E-state index contributed by atoms with van der Waals surface area (Å²) in [4.78, 5) is 22.9. The molecule has 1 atom stereocenters. The molecule has 0 fully saturated rings. The summed E-state index contributed by atoms with van der Waals surface area (Å²) in [5.41, 5.74) is 0. The van der Waals surface area contributed by atoms with Crippen LogP contribution >= 0.6 is 0 Å². The zero-order valence-electron chi connectivity index (χ0n) is 13.4. The van der Waals surface area contributed by atoms with E-state index < -0.39 is 0 Å². The van der Waals surface area contributed by atoms with Crippen LogP contribution in [0.2, 0.25) is 0 Å². The summed E-state index contributed by atoms with van der Waals surface area (Å²) in [5.74, 6) is 0.190. The van der Waals surface area contributed by atoms with E-state index in [0.29, 0.717) is 25.4 Å². The highest BCUT2D eigenvalue weighted by Crippen LogP contribution is 2.07. The smallest absolute Gasteiger partial charge is 0.306 e. The maximum absolute atomic E-state index is 11.5. The Morgan fingerprint density at radius 3 is 2.20 bits per heavy atom. The average molecular weight is 286 g/mol. The molecule has 0 amide bonds. The van der Waals surface area contributed by atoms with Gasteiger partial charge in [0.15, 0.2) is 0 Å². The first kappa shape index (κ1) is 18.9. The van der Waals surface area contributed by atoms with E-state index in [9.17, 15) is 9.59 Å². The highest BCUT2D eigenvalue weighted by atomic mass is 16.5. The number of ether oxygens (including phenoxy) is 2. The van der Waals surface area contributed by atoms with E-state index in [4.69, 9.17) is 9.47 Å². The van der Waals surface area contributed by atoms with Gasteiger partial charge >= 0.3 is 11.9 Å². The minimum absolute atomic E-state index is 0.0320. The fourth-order valence-electron chi connectivity index (χ4n) is 1.88. The fourth-order valence-corrected chi connectivity index (χ4v) is 1.88. The molecule has 0 aromatic rings. The lowest BCUT2D eigenvalue weighted by atomic mass is 10.1. The van der Waals surface area contributed by atoms with E-state index in [0.717, 1.165) is 25.7 Å². The van der Waals surface area contributed by atoms with Gasteiger partial charge in [-0.1, -0.05) is 27.2 Å². The van der Waals surface area contributed by atoms with Gasteiger partial charge in [-0.15, -0.1) is 0 Å². The lowest BCUT2D eigenvalue weighted by Gasteiger charge is -2.11. The molecule has 0 aromatic heterocycles. The number of carbonyl (C=O) groups is 2. The predicted octanol–water partition coefficient (Wildman–Crippen LogP) is 3.87. The summed E-state index contributed by atoms with van der Waals surface area (Å²) in [7, 11) is 0. The van der Waals surface area contributed by atoms with Crippen LogP contribution in [-0.4, -0.2) is 24.6 Å². The molecule has 4 nitrogen and oxygen atoms in total. The molecule has 118 valence electrons. The van der Waals surface area contributed by atoms with Crippen molar-refractivity contribution in [2.24, 2.45) is 5.92 Å². The van der Waals surface area contributed by atoms with Crippen LogP contribution in [0, 0.1) is 5.92 Å². The Labute approximate surface area is 123 Å². The van der Waals surface area contributed by atoms with Crippen LogP contribution in [-0.2, 0) is 19.1 Å². The van der Waals surface area contributed by atoms with Crippen molar-refractivity contribution < 1.29 is 19.1 Å². The Morgan fingerprint density at radius 2 is 1.60 bits per heavy atom. The molecule has 20 heavy (non-hydrogen) atoms. The Morgan fingerprint density at radius 1 is 0.950 bits per heavy atom. The topological polar surface area (TPSA) is 52.6 Å². The number of rotatable bonds is 11. The maximum Gasteiger partial charge on any atom is 0.306 e. The second kappa shape index (κ2) is 11.7. The molecule has 0 aliphatic heterocycles. The Kier molecular flexibility index (Phi) is 11.1. The zero-order chi connectivity index (χ0) is 15.4. The van der Waals surface area contributed by atoms with E-state index in [2.05, 4.69) is 20.8 Å². The minimum atomic E-state index is -0.224. The first-order valence-corrected chi connectivity index (χ1v) is 7.80. The van der Waals surface area contributed by atoms with Crippen LogP contribution < -0.4 is 0 Å². The van der Waals surface area contributed by atoms with Crippen molar-refractivity contribution in [3.8, 4) is 0 Å². The van der Waals surface area contributed by atoms with Gasteiger partial charge in [-0.3, -0.25) is 9.59 Å². The largest absolute Gasteiger partial charge is 0.466 e. The molecule has 4 heteroatoms. The third-order valence-electron chi connectivity index (χ3n) is 2.98. The van der Waals surface area contributed by atoms with Crippen LogP contribution in [0.4, 0.5) is 0 Å². The van der Waals surface area contributed by atoms with Crippen LogP contribution in [0.25, 0.3) is 0 Å². The molecular weight excluding hydrogens is 256 g/mol. The van der Waals surface area contributed by atoms with Crippen molar-refractivity contribution >= 4 is 11.9 Å². The molecule has 0 aliphatic carbocycles. The SMILES string of the molecule is CCCC(C)OC(=O)CCCC(=O)OCCCC(C)C. The first-order chi connectivity index (χ1) is 9.45. The number of hydrogen-bond acceptors (Lipinski definition) is 4. The van der Waals surface area contributed by atoms with Crippen molar-refractivity contribution in [1.29, 1.82) is 0 Å². The second-order valence-corrected chi connectivity index (χ2v) is 5.70. The zero-order valence-corrected chi connectivity index (χ0v) is 13.4.